The first-order valence-corrected chi connectivity index (χ1v) is 7.16. The van der Waals surface area contributed by atoms with Gasteiger partial charge in [0.25, 0.3) is 5.91 Å². The topological polar surface area (TPSA) is 62.2 Å². The fraction of sp³-hybridized carbons (Fsp3) is 0.250. The highest BCUT2D eigenvalue weighted by Gasteiger charge is 2.15. The molecular weight excluding hydrogens is 288 g/mol. The summed E-state index contributed by atoms with van der Waals surface area (Å²) in [6, 6.07) is 10.5. The van der Waals surface area contributed by atoms with E-state index in [4.69, 9.17) is 16.7 Å². The first-order chi connectivity index (χ1) is 10.2. The summed E-state index contributed by atoms with van der Waals surface area (Å²) in [5.41, 5.74) is 1.98. The number of hydrogen-bond donors (Lipinski definition) is 2. The van der Waals surface area contributed by atoms with E-state index in [1.165, 1.54) is 0 Å². The van der Waals surface area contributed by atoms with Crippen LogP contribution in [-0.2, 0) is 0 Å². The number of rotatable bonds is 5. The number of aromatic nitrogens is 1. The molecule has 0 saturated carbocycles. The Labute approximate surface area is 128 Å². The molecule has 2 rings (SSSR count). The van der Waals surface area contributed by atoms with Crippen LogP contribution in [0.3, 0.4) is 0 Å². The maximum atomic E-state index is 12.3. The van der Waals surface area contributed by atoms with Crippen LogP contribution in [0.5, 0.6) is 0 Å². The highest BCUT2D eigenvalue weighted by atomic mass is 35.5. The number of nitrogens with one attached hydrogen (secondary N) is 1. The van der Waals surface area contributed by atoms with E-state index < -0.39 is 0 Å². The van der Waals surface area contributed by atoms with Crippen molar-refractivity contribution in [3.63, 3.8) is 0 Å². The van der Waals surface area contributed by atoms with E-state index in [2.05, 4.69) is 10.3 Å². The molecule has 0 fully saturated rings. The second kappa shape index (κ2) is 7.20. The van der Waals surface area contributed by atoms with Gasteiger partial charge in [-0.2, -0.15) is 0 Å². The maximum Gasteiger partial charge on any atom is 0.253 e. The molecule has 0 bridgehead atoms. The quantitative estimate of drug-likeness (QED) is 0.893. The third-order valence-corrected chi connectivity index (χ3v) is 3.55. The van der Waals surface area contributed by atoms with Gasteiger partial charge in [-0.3, -0.25) is 9.78 Å². The summed E-state index contributed by atoms with van der Waals surface area (Å²) in [5, 5.41) is 12.3. The Morgan fingerprint density at radius 1 is 1.38 bits per heavy atom. The molecule has 0 aliphatic rings. The number of carbonyl (C=O) groups is 1. The molecule has 1 aromatic carbocycles. The fourth-order valence-corrected chi connectivity index (χ4v) is 2.14. The Morgan fingerprint density at radius 2 is 2.19 bits per heavy atom. The van der Waals surface area contributed by atoms with Gasteiger partial charge in [-0.15, -0.1) is 0 Å². The molecule has 1 atom stereocenters. The minimum absolute atomic E-state index is 0.0974. The zero-order valence-electron chi connectivity index (χ0n) is 11.7. The van der Waals surface area contributed by atoms with Crippen molar-refractivity contribution in [2.24, 2.45) is 0 Å². The molecule has 2 aromatic rings. The van der Waals surface area contributed by atoms with Gasteiger partial charge in [0, 0.05) is 11.8 Å². The van der Waals surface area contributed by atoms with E-state index in [-0.39, 0.29) is 18.6 Å². The Kier molecular flexibility index (Phi) is 5.31. The van der Waals surface area contributed by atoms with Crippen LogP contribution in [0.15, 0.2) is 42.6 Å². The van der Waals surface area contributed by atoms with Crippen LogP contribution in [0.25, 0.3) is 11.3 Å². The van der Waals surface area contributed by atoms with E-state index in [0.717, 1.165) is 11.3 Å². The summed E-state index contributed by atoms with van der Waals surface area (Å²) in [6.45, 7) is 1.80. The molecule has 21 heavy (non-hydrogen) atoms. The molecule has 0 saturated heterocycles. The summed E-state index contributed by atoms with van der Waals surface area (Å²) >= 11 is 6.10. The van der Waals surface area contributed by atoms with Crippen molar-refractivity contribution in [3.8, 4) is 11.3 Å². The molecule has 0 aliphatic heterocycles. The van der Waals surface area contributed by atoms with Crippen LogP contribution in [0.1, 0.15) is 23.7 Å². The van der Waals surface area contributed by atoms with Gasteiger partial charge in [0.15, 0.2) is 0 Å². The summed E-state index contributed by atoms with van der Waals surface area (Å²) in [4.78, 5) is 16.5. The molecule has 1 heterocycles. The molecule has 1 amide bonds. The van der Waals surface area contributed by atoms with Crippen molar-refractivity contribution in [2.45, 2.75) is 19.4 Å². The highest BCUT2D eigenvalue weighted by molar-refractivity contribution is 6.34. The van der Waals surface area contributed by atoms with Crippen molar-refractivity contribution in [1.82, 2.24) is 10.3 Å². The monoisotopic (exact) mass is 304 g/mol. The molecular formula is C16H17ClN2O2. The van der Waals surface area contributed by atoms with Gasteiger partial charge in [-0.1, -0.05) is 30.7 Å². The van der Waals surface area contributed by atoms with Crippen LogP contribution in [0.2, 0.25) is 5.02 Å². The molecule has 0 aliphatic carbocycles. The minimum atomic E-state index is -0.293. The molecule has 0 spiro atoms. The molecule has 2 N–H and O–H groups in total. The summed E-state index contributed by atoms with van der Waals surface area (Å²) < 4.78 is 0. The molecule has 1 aromatic heterocycles. The number of amides is 1. The van der Waals surface area contributed by atoms with Crippen molar-refractivity contribution in [2.75, 3.05) is 6.61 Å². The number of carbonyl (C=O) groups excluding carboxylic acids is 1. The third-order valence-electron chi connectivity index (χ3n) is 3.22. The lowest BCUT2D eigenvalue weighted by Gasteiger charge is -2.15. The number of aliphatic hydroxyl groups is 1. The van der Waals surface area contributed by atoms with Gasteiger partial charge >= 0.3 is 0 Å². The summed E-state index contributed by atoms with van der Waals surface area (Å²) in [7, 11) is 0. The highest BCUT2D eigenvalue weighted by Crippen LogP contribution is 2.24. The number of aliphatic hydroxyl groups excluding tert-OH is 1. The lowest BCUT2D eigenvalue weighted by molar-refractivity contribution is 0.0915. The second-order valence-corrected chi connectivity index (χ2v) is 5.08. The lowest BCUT2D eigenvalue weighted by Crippen LogP contribution is -2.37. The van der Waals surface area contributed by atoms with Crippen LogP contribution >= 0.6 is 11.6 Å². The van der Waals surface area contributed by atoms with Crippen molar-refractivity contribution in [1.29, 1.82) is 0 Å². The number of benzene rings is 1. The molecule has 110 valence electrons. The van der Waals surface area contributed by atoms with E-state index in [0.29, 0.717) is 17.0 Å². The van der Waals surface area contributed by atoms with E-state index in [9.17, 15) is 4.79 Å². The number of nitrogens with zero attached hydrogens (tertiary/aromatic N) is 1. The SMILES string of the molecule is CCC(CO)NC(=O)c1cc(-c2ccccn2)ccc1Cl. The number of halogens is 1. The van der Waals surface area contributed by atoms with Gasteiger partial charge in [-0.25, -0.2) is 0 Å². The number of pyridine rings is 1. The average Bonchev–Trinajstić information content (AvgIpc) is 2.53. The Morgan fingerprint density at radius 3 is 2.81 bits per heavy atom. The average molecular weight is 305 g/mol. The van der Waals surface area contributed by atoms with Gasteiger partial charge < -0.3 is 10.4 Å². The normalized spacial score (nSPS) is 12.0. The Bertz CT molecular complexity index is 613. The Balaban J connectivity index is 2.29. The van der Waals surface area contributed by atoms with E-state index in [1.807, 2.05) is 31.2 Å². The van der Waals surface area contributed by atoms with Crippen LogP contribution in [0, 0.1) is 0 Å². The Hall–Kier alpha value is -1.91. The second-order valence-electron chi connectivity index (χ2n) is 4.67. The van der Waals surface area contributed by atoms with Crippen LogP contribution < -0.4 is 5.32 Å². The predicted octanol–water partition coefficient (Wildman–Crippen LogP) is 2.90. The largest absolute Gasteiger partial charge is 0.394 e. The summed E-state index contributed by atoms with van der Waals surface area (Å²) in [6.07, 6.45) is 2.35. The van der Waals surface area contributed by atoms with Gasteiger partial charge in [0.2, 0.25) is 0 Å². The predicted molar refractivity (Wildman–Crippen MR) is 83.3 cm³/mol. The van der Waals surface area contributed by atoms with E-state index in [1.54, 1.807) is 18.3 Å². The van der Waals surface area contributed by atoms with Crippen molar-refractivity contribution >= 4 is 17.5 Å². The zero-order valence-corrected chi connectivity index (χ0v) is 12.5. The molecule has 5 heteroatoms. The third kappa shape index (κ3) is 3.80. The molecule has 4 nitrogen and oxygen atoms in total. The molecule has 0 radical (unpaired) electrons. The first kappa shape index (κ1) is 15.5. The standard InChI is InChI=1S/C16H17ClN2O2/c1-2-12(10-20)19-16(21)13-9-11(6-7-14(13)17)15-5-3-4-8-18-15/h3-9,12,20H,2,10H2,1H3,(H,19,21). The first-order valence-electron chi connectivity index (χ1n) is 6.78. The maximum absolute atomic E-state index is 12.3. The van der Waals surface area contributed by atoms with Crippen molar-refractivity contribution in [3.05, 3.63) is 53.2 Å². The van der Waals surface area contributed by atoms with Crippen LogP contribution in [-0.4, -0.2) is 28.6 Å². The lowest BCUT2D eigenvalue weighted by atomic mass is 10.1. The van der Waals surface area contributed by atoms with Gasteiger partial charge in [0.05, 0.1) is 28.9 Å². The summed E-state index contributed by atoms with van der Waals surface area (Å²) in [5.74, 6) is -0.293. The smallest absolute Gasteiger partial charge is 0.253 e. The molecule has 1 unspecified atom stereocenters. The van der Waals surface area contributed by atoms with Crippen LogP contribution in [0.4, 0.5) is 0 Å². The van der Waals surface area contributed by atoms with Crippen molar-refractivity contribution < 1.29 is 9.90 Å². The van der Waals surface area contributed by atoms with E-state index >= 15 is 0 Å². The minimum Gasteiger partial charge on any atom is -0.394 e. The zero-order chi connectivity index (χ0) is 15.2. The van der Waals surface area contributed by atoms with Gasteiger partial charge in [0.1, 0.15) is 0 Å². The van der Waals surface area contributed by atoms with Gasteiger partial charge in [-0.05, 0) is 30.7 Å². The fourth-order valence-electron chi connectivity index (χ4n) is 1.93. The number of hydrogen-bond acceptors (Lipinski definition) is 3.